The lowest BCUT2D eigenvalue weighted by Gasteiger charge is -2.13. The number of imidazole rings is 1. The summed E-state index contributed by atoms with van der Waals surface area (Å²) in [7, 11) is 0. The molecule has 0 aliphatic carbocycles. The van der Waals surface area contributed by atoms with Crippen LogP contribution in [0.15, 0.2) is 30.7 Å². The van der Waals surface area contributed by atoms with Crippen molar-refractivity contribution in [2.24, 2.45) is 5.73 Å². The maximum absolute atomic E-state index is 13.1. The topological polar surface area (TPSA) is 43.8 Å². The van der Waals surface area contributed by atoms with Crippen LogP contribution >= 0.6 is 0 Å². The first-order valence-corrected chi connectivity index (χ1v) is 5.36. The summed E-state index contributed by atoms with van der Waals surface area (Å²) < 4.78 is 27.7. The molecule has 0 aliphatic heterocycles. The van der Waals surface area contributed by atoms with E-state index in [4.69, 9.17) is 5.73 Å². The first kappa shape index (κ1) is 11.7. The van der Waals surface area contributed by atoms with Crippen molar-refractivity contribution in [3.8, 4) is 5.69 Å². The molecule has 0 bridgehead atoms. The van der Waals surface area contributed by atoms with Crippen LogP contribution in [0.3, 0.4) is 0 Å². The average Bonchev–Trinajstić information content (AvgIpc) is 2.80. The first-order valence-electron chi connectivity index (χ1n) is 5.36. The zero-order valence-corrected chi connectivity index (χ0v) is 9.40. The summed E-state index contributed by atoms with van der Waals surface area (Å²) in [6, 6.07) is 3.53. The second-order valence-electron chi connectivity index (χ2n) is 3.80. The molecule has 1 atom stereocenters. The van der Waals surface area contributed by atoms with Crippen LogP contribution in [-0.2, 0) is 0 Å². The van der Waals surface area contributed by atoms with E-state index in [0.717, 1.165) is 24.2 Å². The molecule has 17 heavy (non-hydrogen) atoms. The molecular weight excluding hydrogens is 224 g/mol. The van der Waals surface area contributed by atoms with Crippen molar-refractivity contribution in [2.45, 2.75) is 19.4 Å². The summed E-state index contributed by atoms with van der Waals surface area (Å²) in [5, 5.41) is 0. The number of hydrogen-bond donors (Lipinski definition) is 1. The number of nitrogens with two attached hydrogens (primary N) is 1. The summed E-state index contributed by atoms with van der Waals surface area (Å²) in [5.41, 5.74) is 7.21. The SMILES string of the molecule is CC[C@@H](N)c1cncn1-c1ccc(F)c(F)c1. The second kappa shape index (κ2) is 4.63. The van der Waals surface area contributed by atoms with Gasteiger partial charge in [0, 0.05) is 17.8 Å². The highest BCUT2D eigenvalue weighted by Crippen LogP contribution is 2.19. The molecule has 0 radical (unpaired) electrons. The molecule has 2 aromatic rings. The molecule has 0 saturated carbocycles. The Morgan fingerprint density at radius 2 is 2.12 bits per heavy atom. The normalized spacial score (nSPS) is 12.7. The maximum Gasteiger partial charge on any atom is 0.160 e. The van der Waals surface area contributed by atoms with E-state index < -0.39 is 11.6 Å². The summed E-state index contributed by atoms with van der Waals surface area (Å²) in [6.45, 7) is 1.95. The molecule has 90 valence electrons. The van der Waals surface area contributed by atoms with E-state index in [1.165, 1.54) is 12.4 Å². The summed E-state index contributed by atoms with van der Waals surface area (Å²) >= 11 is 0. The van der Waals surface area contributed by atoms with E-state index in [1.54, 1.807) is 10.8 Å². The Bertz CT molecular complexity index is 522. The summed E-state index contributed by atoms with van der Waals surface area (Å²) in [5.74, 6) is -1.75. The van der Waals surface area contributed by atoms with Crippen LogP contribution in [0.1, 0.15) is 25.1 Å². The Kier molecular flexibility index (Phi) is 3.19. The molecule has 1 aromatic heterocycles. The smallest absolute Gasteiger partial charge is 0.160 e. The van der Waals surface area contributed by atoms with Crippen molar-refractivity contribution in [1.82, 2.24) is 9.55 Å². The fraction of sp³-hybridized carbons (Fsp3) is 0.250. The lowest BCUT2D eigenvalue weighted by molar-refractivity contribution is 0.507. The predicted molar refractivity (Wildman–Crippen MR) is 60.7 cm³/mol. The Labute approximate surface area is 97.9 Å². The Hall–Kier alpha value is -1.75. The third-order valence-electron chi connectivity index (χ3n) is 2.67. The highest BCUT2D eigenvalue weighted by molar-refractivity contribution is 5.35. The molecule has 1 aromatic carbocycles. The molecule has 0 aliphatic rings. The molecule has 1 heterocycles. The van der Waals surface area contributed by atoms with Crippen molar-refractivity contribution in [1.29, 1.82) is 0 Å². The molecule has 2 rings (SSSR count). The van der Waals surface area contributed by atoms with E-state index >= 15 is 0 Å². The fourth-order valence-electron chi connectivity index (χ4n) is 1.64. The summed E-state index contributed by atoms with van der Waals surface area (Å²) in [6.07, 6.45) is 3.92. The highest BCUT2D eigenvalue weighted by Gasteiger charge is 2.12. The van der Waals surface area contributed by atoms with Gasteiger partial charge in [-0.3, -0.25) is 0 Å². The Morgan fingerprint density at radius 3 is 2.76 bits per heavy atom. The van der Waals surface area contributed by atoms with Gasteiger partial charge in [0.1, 0.15) is 0 Å². The molecule has 3 nitrogen and oxygen atoms in total. The number of nitrogens with zero attached hydrogens (tertiary/aromatic N) is 2. The van der Waals surface area contributed by atoms with Gasteiger partial charge in [-0.1, -0.05) is 6.92 Å². The number of aromatic nitrogens is 2. The standard InChI is InChI=1S/C12H13F2N3/c1-2-11(15)12-6-16-7-17(12)8-3-4-9(13)10(14)5-8/h3-7,11H,2,15H2,1H3/t11-/m1/s1. The van der Waals surface area contributed by atoms with Crippen molar-refractivity contribution in [3.05, 3.63) is 48.1 Å². The molecule has 0 unspecified atom stereocenters. The molecule has 0 saturated heterocycles. The number of benzene rings is 1. The van der Waals surface area contributed by atoms with Crippen molar-refractivity contribution in [2.75, 3.05) is 0 Å². The van der Waals surface area contributed by atoms with E-state index in [2.05, 4.69) is 4.98 Å². The van der Waals surface area contributed by atoms with Gasteiger partial charge < -0.3 is 10.3 Å². The molecule has 0 amide bonds. The van der Waals surface area contributed by atoms with Crippen molar-refractivity contribution < 1.29 is 8.78 Å². The first-order chi connectivity index (χ1) is 8.13. The monoisotopic (exact) mass is 237 g/mol. The molecule has 0 fully saturated rings. The Balaban J connectivity index is 2.46. The molecule has 2 N–H and O–H groups in total. The van der Waals surface area contributed by atoms with Gasteiger partial charge >= 0.3 is 0 Å². The van der Waals surface area contributed by atoms with Crippen molar-refractivity contribution >= 4 is 0 Å². The molecular formula is C12H13F2N3. The third-order valence-corrected chi connectivity index (χ3v) is 2.67. The third kappa shape index (κ3) is 2.19. The maximum atomic E-state index is 13.1. The second-order valence-corrected chi connectivity index (χ2v) is 3.80. The van der Waals surface area contributed by atoms with E-state index in [1.807, 2.05) is 6.92 Å². The minimum Gasteiger partial charge on any atom is -0.323 e. The van der Waals surface area contributed by atoms with Gasteiger partial charge in [-0.2, -0.15) is 0 Å². The molecule has 0 spiro atoms. The highest BCUT2D eigenvalue weighted by atomic mass is 19.2. The van der Waals surface area contributed by atoms with Crippen LogP contribution in [0.25, 0.3) is 5.69 Å². The number of rotatable bonds is 3. The van der Waals surface area contributed by atoms with Gasteiger partial charge in [0.15, 0.2) is 11.6 Å². The average molecular weight is 237 g/mol. The molecule has 5 heteroatoms. The fourth-order valence-corrected chi connectivity index (χ4v) is 1.64. The van der Waals surface area contributed by atoms with Gasteiger partial charge in [-0.25, -0.2) is 13.8 Å². The van der Waals surface area contributed by atoms with E-state index in [9.17, 15) is 8.78 Å². The summed E-state index contributed by atoms with van der Waals surface area (Å²) in [4.78, 5) is 3.99. The van der Waals surface area contributed by atoms with Gasteiger partial charge in [-0.15, -0.1) is 0 Å². The van der Waals surface area contributed by atoms with Gasteiger partial charge in [-0.05, 0) is 18.6 Å². The minimum atomic E-state index is -0.882. The van der Waals surface area contributed by atoms with Crippen LogP contribution in [0.5, 0.6) is 0 Å². The minimum absolute atomic E-state index is 0.175. The quantitative estimate of drug-likeness (QED) is 0.891. The van der Waals surface area contributed by atoms with Crippen LogP contribution < -0.4 is 5.73 Å². The predicted octanol–water partition coefficient (Wildman–Crippen LogP) is 2.56. The zero-order valence-electron chi connectivity index (χ0n) is 9.40. The Morgan fingerprint density at radius 1 is 1.35 bits per heavy atom. The van der Waals surface area contributed by atoms with Crippen LogP contribution in [0.4, 0.5) is 8.78 Å². The van der Waals surface area contributed by atoms with Gasteiger partial charge in [0.05, 0.1) is 18.2 Å². The number of halogens is 2. The van der Waals surface area contributed by atoms with Gasteiger partial charge in [0.25, 0.3) is 0 Å². The zero-order chi connectivity index (χ0) is 12.4. The van der Waals surface area contributed by atoms with Crippen LogP contribution in [-0.4, -0.2) is 9.55 Å². The largest absolute Gasteiger partial charge is 0.323 e. The van der Waals surface area contributed by atoms with Crippen LogP contribution in [0.2, 0.25) is 0 Å². The number of hydrogen-bond acceptors (Lipinski definition) is 2. The van der Waals surface area contributed by atoms with E-state index in [-0.39, 0.29) is 6.04 Å². The lowest BCUT2D eigenvalue weighted by Crippen LogP contribution is -2.13. The lowest BCUT2D eigenvalue weighted by atomic mass is 10.2. The van der Waals surface area contributed by atoms with E-state index in [0.29, 0.717) is 5.69 Å². The van der Waals surface area contributed by atoms with Crippen LogP contribution in [0, 0.1) is 11.6 Å². The van der Waals surface area contributed by atoms with Crippen molar-refractivity contribution in [3.63, 3.8) is 0 Å². The van der Waals surface area contributed by atoms with Gasteiger partial charge in [0.2, 0.25) is 0 Å².